The van der Waals surface area contributed by atoms with Gasteiger partial charge in [0.15, 0.2) is 5.96 Å². The predicted molar refractivity (Wildman–Crippen MR) is 113 cm³/mol. The van der Waals surface area contributed by atoms with Crippen molar-refractivity contribution in [2.45, 2.75) is 53.2 Å². The number of nitrogens with zero attached hydrogens (tertiary/aromatic N) is 4. The Morgan fingerprint density at radius 3 is 2.78 bits per heavy atom. The molecule has 0 aliphatic carbocycles. The average Bonchev–Trinajstić information content (AvgIpc) is 3.15. The molecule has 6 nitrogen and oxygen atoms in total. The van der Waals surface area contributed by atoms with E-state index in [4.69, 9.17) is 4.99 Å². The monoisotopic (exact) mass is 370 g/mol. The zero-order valence-corrected chi connectivity index (χ0v) is 17.4. The largest absolute Gasteiger partial charge is 0.357 e. The summed E-state index contributed by atoms with van der Waals surface area (Å²) in [6.07, 6.45) is 0. The van der Waals surface area contributed by atoms with Crippen molar-refractivity contribution >= 4 is 17.0 Å². The smallest absolute Gasteiger partial charge is 0.191 e. The first-order valence-corrected chi connectivity index (χ1v) is 10.2. The standard InChI is InChI=1S/C21H34N6/c1-6-22-21(25-19-14-26(15(2)3)13-16(19)4)23-11-12-27-17(5)24-18-9-7-8-10-20(18)27/h7-10,15-16,19H,6,11-14H2,1-5H3,(H2,22,23,25). The van der Waals surface area contributed by atoms with Crippen LogP contribution in [0.4, 0.5) is 0 Å². The molecule has 1 fully saturated rings. The maximum Gasteiger partial charge on any atom is 0.191 e. The van der Waals surface area contributed by atoms with Gasteiger partial charge in [0, 0.05) is 38.3 Å². The Morgan fingerprint density at radius 1 is 1.30 bits per heavy atom. The minimum absolute atomic E-state index is 0.445. The molecule has 1 aliphatic heterocycles. The zero-order chi connectivity index (χ0) is 19.4. The van der Waals surface area contributed by atoms with Crippen LogP contribution in [0, 0.1) is 12.8 Å². The Bertz CT molecular complexity index is 778. The Kier molecular flexibility index (Phi) is 6.37. The highest BCUT2D eigenvalue weighted by Gasteiger charge is 2.31. The number of benzene rings is 1. The molecule has 2 N–H and O–H groups in total. The molecule has 2 atom stereocenters. The molecule has 2 aromatic rings. The van der Waals surface area contributed by atoms with Crippen LogP contribution in [0.5, 0.6) is 0 Å². The lowest BCUT2D eigenvalue weighted by atomic mass is 10.1. The summed E-state index contributed by atoms with van der Waals surface area (Å²) in [5, 5.41) is 7.06. The average molecular weight is 371 g/mol. The topological polar surface area (TPSA) is 57.5 Å². The van der Waals surface area contributed by atoms with E-state index < -0.39 is 0 Å². The molecule has 2 heterocycles. The Morgan fingerprint density at radius 2 is 2.07 bits per heavy atom. The van der Waals surface area contributed by atoms with Gasteiger partial charge in [-0.05, 0) is 45.7 Å². The fourth-order valence-corrected chi connectivity index (χ4v) is 3.85. The van der Waals surface area contributed by atoms with E-state index in [1.54, 1.807) is 0 Å². The first-order valence-electron chi connectivity index (χ1n) is 10.2. The van der Waals surface area contributed by atoms with Crippen LogP contribution in [0.2, 0.25) is 0 Å². The molecule has 0 bridgehead atoms. The minimum atomic E-state index is 0.445. The van der Waals surface area contributed by atoms with Gasteiger partial charge in [0.05, 0.1) is 17.6 Å². The van der Waals surface area contributed by atoms with Crippen LogP contribution in [-0.4, -0.2) is 58.7 Å². The first kappa shape index (κ1) is 19.7. The van der Waals surface area contributed by atoms with Crippen LogP contribution in [0.3, 0.4) is 0 Å². The summed E-state index contributed by atoms with van der Waals surface area (Å²) >= 11 is 0. The van der Waals surface area contributed by atoms with E-state index in [0.717, 1.165) is 50.0 Å². The van der Waals surface area contributed by atoms with Crippen LogP contribution in [0.25, 0.3) is 11.0 Å². The van der Waals surface area contributed by atoms with E-state index in [-0.39, 0.29) is 0 Å². The third kappa shape index (κ3) is 4.61. The molecule has 27 heavy (non-hydrogen) atoms. The highest BCUT2D eigenvalue weighted by molar-refractivity contribution is 5.80. The van der Waals surface area contributed by atoms with Gasteiger partial charge in [0.1, 0.15) is 5.82 Å². The van der Waals surface area contributed by atoms with Crippen molar-refractivity contribution in [3.05, 3.63) is 30.1 Å². The van der Waals surface area contributed by atoms with E-state index >= 15 is 0 Å². The van der Waals surface area contributed by atoms with Crippen LogP contribution in [0.1, 0.15) is 33.5 Å². The zero-order valence-electron chi connectivity index (χ0n) is 17.4. The molecular weight excluding hydrogens is 336 g/mol. The fourth-order valence-electron chi connectivity index (χ4n) is 3.85. The maximum absolute atomic E-state index is 4.83. The molecule has 1 aromatic heterocycles. The number of aliphatic imine (C=N–C) groups is 1. The van der Waals surface area contributed by atoms with Crippen molar-refractivity contribution in [3.8, 4) is 0 Å². The number of aromatic nitrogens is 2. The lowest BCUT2D eigenvalue weighted by Crippen LogP contribution is -2.47. The molecule has 0 amide bonds. The molecule has 148 valence electrons. The number of aryl methyl sites for hydroxylation is 1. The van der Waals surface area contributed by atoms with Crippen molar-refractivity contribution < 1.29 is 0 Å². The Hall–Kier alpha value is -2.08. The van der Waals surface area contributed by atoms with Gasteiger partial charge in [0.2, 0.25) is 0 Å². The summed E-state index contributed by atoms with van der Waals surface area (Å²) in [5.74, 6) is 2.58. The SMILES string of the molecule is CCNC(=NCCn1c(C)nc2ccccc21)NC1CN(C(C)C)CC1C. The van der Waals surface area contributed by atoms with E-state index in [2.05, 4.69) is 77.9 Å². The number of likely N-dealkylation sites (tertiary alicyclic amines) is 1. The van der Waals surface area contributed by atoms with Gasteiger partial charge in [-0.3, -0.25) is 9.89 Å². The van der Waals surface area contributed by atoms with Gasteiger partial charge in [-0.1, -0.05) is 19.1 Å². The molecule has 3 rings (SSSR count). The van der Waals surface area contributed by atoms with E-state index in [0.29, 0.717) is 18.0 Å². The second-order valence-electron chi connectivity index (χ2n) is 7.84. The molecule has 1 saturated heterocycles. The Labute approximate surface area is 163 Å². The molecule has 0 saturated carbocycles. The number of hydrogen-bond acceptors (Lipinski definition) is 3. The molecule has 1 aliphatic rings. The van der Waals surface area contributed by atoms with E-state index in [1.165, 1.54) is 5.52 Å². The van der Waals surface area contributed by atoms with Crippen molar-refractivity contribution in [1.29, 1.82) is 0 Å². The second-order valence-corrected chi connectivity index (χ2v) is 7.84. The van der Waals surface area contributed by atoms with Gasteiger partial charge in [0.25, 0.3) is 0 Å². The summed E-state index contributed by atoms with van der Waals surface area (Å²) in [7, 11) is 0. The van der Waals surface area contributed by atoms with Crippen molar-refractivity contribution in [2.75, 3.05) is 26.2 Å². The fraction of sp³-hybridized carbons (Fsp3) is 0.619. The van der Waals surface area contributed by atoms with Gasteiger partial charge in [-0.15, -0.1) is 0 Å². The minimum Gasteiger partial charge on any atom is -0.357 e. The van der Waals surface area contributed by atoms with Gasteiger partial charge in [-0.25, -0.2) is 4.98 Å². The van der Waals surface area contributed by atoms with Gasteiger partial charge < -0.3 is 15.2 Å². The van der Waals surface area contributed by atoms with E-state index in [1.807, 2.05) is 6.07 Å². The first-order chi connectivity index (χ1) is 13.0. The number of guanidine groups is 1. The van der Waals surface area contributed by atoms with E-state index in [9.17, 15) is 0 Å². The molecule has 6 heteroatoms. The summed E-state index contributed by atoms with van der Waals surface area (Å²) in [6.45, 7) is 15.7. The molecular formula is C21H34N6. The van der Waals surface area contributed by atoms with Crippen molar-refractivity contribution in [3.63, 3.8) is 0 Å². The summed E-state index contributed by atoms with van der Waals surface area (Å²) in [6, 6.07) is 9.33. The second kappa shape index (κ2) is 8.74. The number of rotatable bonds is 6. The van der Waals surface area contributed by atoms with Crippen LogP contribution < -0.4 is 10.6 Å². The van der Waals surface area contributed by atoms with Crippen molar-refractivity contribution in [1.82, 2.24) is 25.1 Å². The predicted octanol–water partition coefficient (Wildman–Crippen LogP) is 2.63. The summed E-state index contributed by atoms with van der Waals surface area (Å²) in [5.41, 5.74) is 2.23. The lowest BCUT2D eigenvalue weighted by molar-refractivity contribution is 0.265. The molecule has 1 aromatic carbocycles. The summed E-state index contributed by atoms with van der Waals surface area (Å²) in [4.78, 5) is 12.0. The maximum atomic E-state index is 4.83. The summed E-state index contributed by atoms with van der Waals surface area (Å²) < 4.78 is 2.25. The number of imidazole rings is 1. The third-order valence-electron chi connectivity index (χ3n) is 5.48. The van der Waals surface area contributed by atoms with Crippen molar-refractivity contribution in [2.24, 2.45) is 10.9 Å². The number of hydrogen-bond donors (Lipinski definition) is 2. The highest BCUT2D eigenvalue weighted by Crippen LogP contribution is 2.18. The Balaban J connectivity index is 1.64. The van der Waals surface area contributed by atoms with Crippen LogP contribution >= 0.6 is 0 Å². The third-order valence-corrected chi connectivity index (χ3v) is 5.48. The quantitative estimate of drug-likeness (QED) is 0.606. The number of nitrogens with one attached hydrogen (secondary N) is 2. The molecule has 0 spiro atoms. The number of fused-ring (bicyclic) bond motifs is 1. The molecule has 0 radical (unpaired) electrons. The van der Waals surface area contributed by atoms with Gasteiger partial charge >= 0.3 is 0 Å². The lowest BCUT2D eigenvalue weighted by Gasteiger charge is -2.22. The molecule has 2 unspecified atom stereocenters. The number of para-hydroxylation sites is 2. The van der Waals surface area contributed by atoms with Crippen LogP contribution in [-0.2, 0) is 6.54 Å². The van der Waals surface area contributed by atoms with Crippen LogP contribution in [0.15, 0.2) is 29.3 Å². The van der Waals surface area contributed by atoms with Gasteiger partial charge in [-0.2, -0.15) is 0 Å². The highest BCUT2D eigenvalue weighted by atomic mass is 15.3. The normalized spacial score (nSPS) is 21.3.